The lowest BCUT2D eigenvalue weighted by atomic mass is 9.80. The number of hydrogen-bond acceptors (Lipinski definition) is 3. The van der Waals surface area contributed by atoms with E-state index in [0.717, 1.165) is 57.8 Å². The van der Waals surface area contributed by atoms with Gasteiger partial charge in [0, 0.05) is 5.92 Å². The highest BCUT2D eigenvalue weighted by Crippen LogP contribution is 2.31. The van der Waals surface area contributed by atoms with Gasteiger partial charge in [-0.05, 0) is 25.7 Å². The first-order chi connectivity index (χ1) is 8.68. The molecule has 2 aliphatic rings. The molecule has 4 N–H and O–H groups in total. The van der Waals surface area contributed by atoms with Crippen LogP contribution in [-0.2, 0) is 4.79 Å². The van der Waals surface area contributed by atoms with E-state index in [1.165, 1.54) is 0 Å². The summed E-state index contributed by atoms with van der Waals surface area (Å²) in [5.74, 6) is 0.366. The summed E-state index contributed by atoms with van der Waals surface area (Å²) in [5, 5.41) is 15.2. The molecule has 0 aliphatic heterocycles. The van der Waals surface area contributed by atoms with Gasteiger partial charge in [-0.1, -0.05) is 37.3 Å². The van der Waals surface area contributed by atoms with E-state index in [1.54, 1.807) is 0 Å². The molecule has 1 amide bonds. The normalized spacial score (nSPS) is 25.0. The third kappa shape index (κ3) is 2.60. The molecule has 0 radical (unpaired) electrons. The van der Waals surface area contributed by atoms with Gasteiger partial charge >= 0.3 is 0 Å². The molecular formula is C13H23N3O2. The second-order valence-electron chi connectivity index (χ2n) is 5.60. The van der Waals surface area contributed by atoms with Crippen LogP contribution in [0.15, 0.2) is 5.16 Å². The summed E-state index contributed by atoms with van der Waals surface area (Å²) in [6.45, 7) is 0. The van der Waals surface area contributed by atoms with Crippen molar-refractivity contribution in [3.8, 4) is 0 Å². The topological polar surface area (TPSA) is 87.7 Å². The second-order valence-corrected chi connectivity index (χ2v) is 5.60. The van der Waals surface area contributed by atoms with Gasteiger partial charge in [0.15, 0.2) is 5.84 Å². The van der Waals surface area contributed by atoms with Crippen LogP contribution in [0.25, 0.3) is 0 Å². The van der Waals surface area contributed by atoms with E-state index in [2.05, 4.69) is 10.5 Å². The van der Waals surface area contributed by atoms with E-state index in [4.69, 9.17) is 10.9 Å². The number of nitrogens with two attached hydrogens (primary N) is 1. The molecule has 18 heavy (non-hydrogen) atoms. The van der Waals surface area contributed by atoms with Crippen molar-refractivity contribution in [2.75, 3.05) is 0 Å². The Balaban J connectivity index is 2.07. The van der Waals surface area contributed by atoms with Crippen molar-refractivity contribution in [1.82, 2.24) is 5.32 Å². The Morgan fingerprint density at radius 3 is 2.33 bits per heavy atom. The Morgan fingerprint density at radius 2 is 1.78 bits per heavy atom. The minimum atomic E-state index is -0.604. The van der Waals surface area contributed by atoms with Crippen LogP contribution in [0.4, 0.5) is 0 Å². The van der Waals surface area contributed by atoms with E-state index < -0.39 is 5.54 Å². The molecule has 0 aromatic heterocycles. The lowest BCUT2D eigenvalue weighted by Crippen LogP contribution is -2.59. The predicted molar refractivity (Wildman–Crippen MR) is 69.3 cm³/mol. The summed E-state index contributed by atoms with van der Waals surface area (Å²) in [6.07, 6.45) is 8.95. The minimum absolute atomic E-state index is 0.0843. The molecule has 2 fully saturated rings. The number of amidine groups is 1. The van der Waals surface area contributed by atoms with Crippen molar-refractivity contribution in [3.63, 3.8) is 0 Å². The lowest BCUT2D eigenvalue weighted by Gasteiger charge is -2.37. The summed E-state index contributed by atoms with van der Waals surface area (Å²) in [6, 6.07) is 0. The van der Waals surface area contributed by atoms with Gasteiger partial charge < -0.3 is 16.3 Å². The molecular weight excluding hydrogens is 230 g/mol. The molecule has 5 nitrogen and oxygen atoms in total. The van der Waals surface area contributed by atoms with Crippen LogP contribution in [-0.4, -0.2) is 22.5 Å². The first-order valence-electron chi connectivity index (χ1n) is 6.98. The van der Waals surface area contributed by atoms with Crippen molar-refractivity contribution >= 4 is 11.7 Å². The fourth-order valence-corrected chi connectivity index (χ4v) is 3.22. The van der Waals surface area contributed by atoms with Gasteiger partial charge in [-0.15, -0.1) is 0 Å². The Hall–Kier alpha value is -1.26. The van der Waals surface area contributed by atoms with Crippen LogP contribution in [0, 0.1) is 5.92 Å². The van der Waals surface area contributed by atoms with Gasteiger partial charge in [0.2, 0.25) is 5.91 Å². The van der Waals surface area contributed by atoms with Crippen LogP contribution in [0.1, 0.15) is 57.8 Å². The number of nitrogens with one attached hydrogen (secondary N) is 1. The van der Waals surface area contributed by atoms with Gasteiger partial charge in [0.25, 0.3) is 0 Å². The molecule has 2 rings (SSSR count). The highest BCUT2D eigenvalue weighted by atomic mass is 16.4. The molecule has 0 atom stereocenters. The van der Waals surface area contributed by atoms with Crippen LogP contribution in [0.3, 0.4) is 0 Å². The third-order valence-corrected chi connectivity index (χ3v) is 4.39. The molecule has 0 unspecified atom stereocenters. The molecule has 2 saturated carbocycles. The van der Waals surface area contributed by atoms with Crippen molar-refractivity contribution in [2.45, 2.75) is 63.3 Å². The Morgan fingerprint density at radius 1 is 1.17 bits per heavy atom. The van der Waals surface area contributed by atoms with Gasteiger partial charge in [0.05, 0.1) is 0 Å². The Labute approximate surface area is 108 Å². The van der Waals surface area contributed by atoms with Crippen LogP contribution >= 0.6 is 0 Å². The molecule has 0 aromatic rings. The summed E-state index contributed by atoms with van der Waals surface area (Å²) in [4.78, 5) is 12.2. The zero-order chi connectivity index (χ0) is 13.0. The van der Waals surface area contributed by atoms with Gasteiger partial charge in [-0.25, -0.2) is 0 Å². The Kier molecular flexibility index (Phi) is 4.09. The summed E-state index contributed by atoms with van der Waals surface area (Å²) in [5.41, 5.74) is 5.21. The maximum Gasteiger partial charge on any atom is 0.223 e. The minimum Gasteiger partial charge on any atom is -0.409 e. The third-order valence-electron chi connectivity index (χ3n) is 4.39. The van der Waals surface area contributed by atoms with Gasteiger partial charge in [0.1, 0.15) is 5.54 Å². The first kappa shape index (κ1) is 13.2. The van der Waals surface area contributed by atoms with Crippen LogP contribution in [0.5, 0.6) is 0 Å². The summed E-state index contributed by atoms with van der Waals surface area (Å²) >= 11 is 0. The van der Waals surface area contributed by atoms with E-state index in [-0.39, 0.29) is 17.7 Å². The molecule has 0 saturated heterocycles. The van der Waals surface area contributed by atoms with Crippen molar-refractivity contribution in [2.24, 2.45) is 16.8 Å². The van der Waals surface area contributed by atoms with Gasteiger partial charge in [-0.3, -0.25) is 4.79 Å². The van der Waals surface area contributed by atoms with Crippen LogP contribution in [0.2, 0.25) is 0 Å². The highest BCUT2D eigenvalue weighted by Gasteiger charge is 2.39. The number of hydrogen-bond donors (Lipinski definition) is 3. The van der Waals surface area contributed by atoms with Crippen LogP contribution < -0.4 is 11.1 Å². The molecule has 5 heteroatoms. The summed E-state index contributed by atoms with van der Waals surface area (Å²) < 4.78 is 0. The highest BCUT2D eigenvalue weighted by molar-refractivity contribution is 5.94. The molecule has 102 valence electrons. The fraction of sp³-hybridized carbons (Fsp3) is 0.846. The number of carbonyl (C=O) groups is 1. The van der Waals surface area contributed by atoms with E-state index in [0.29, 0.717) is 0 Å². The zero-order valence-electron chi connectivity index (χ0n) is 10.8. The molecule has 0 bridgehead atoms. The monoisotopic (exact) mass is 253 g/mol. The summed E-state index contributed by atoms with van der Waals surface area (Å²) in [7, 11) is 0. The maximum atomic E-state index is 12.2. The average Bonchev–Trinajstić information content (AvgIpc) is 2.93. The van der Waals surface area contributed by atoms with Crippen molar-refractivity contribution < 1.29 is 10.0 Å². The predicted octanol–water partition coefficient (Wildman–Crippen LogP) is 1.74. The second kappa shape index (κ2) is 5.59. The maximum absolute atomic E-state index is 12.2. The fourth-order valence-electron chi connectivity index (χ4n) is 3.22. The largest absolute Gasteiger partial charge is 0.409 e. The number of rotatable bonds is 3. The SMILES string of the molecule is N/C(=N/O)C1(NC(=O)C2CCCC2)CCCCC1. The quantitative estimate of drug-likeness (QED) is 0.310. The number of nitrogens with zero attached hydrogens (tertiary/aromatic N) is 1. The Bertz CT molecular complexity index is 329. The lowest BCUT2D eigenvalue weighted by molar-refractivity contribution is -0.126. The standard InChI is InChI=1S/C13H23N3O2/c14-12(16-18)13(8-4-1-5-9-13)15-11(17)10-6-2-3-7-10/h10,18H,1-9H2,(H2,14,16)(H,15,17). The number of carbonyl (C=O) groups excluding carboxylic acids is 1. The smallest absolute Gasteiger partial charge is 0.223 e. The molecule has 0 spiro atoms. The average molecular weight is 253 g/mol. The molecule has 0 heterocycles. The number of oxime groups is 1. The number of amides is 1. The van der Waals surface area contributed by atoms with Gasteiger partial charge in [-0.2, -0.15) is 0 Å². The van der Waals surface area contributed by atoms with E-state index in [9.17, 15) is 4.79 Å². The molecule has 0 aromatic carbocycles. The first-order valence-corrected chi connectivity index (χ1v) is 6.98. The molecule has 2 aliphatic carbocycles. The van der Waals surface area contributed by atoms with E-state index >= 15 is 0 Å². The van der Waals surface area contributed by atoms with Crippen molar-refractivity contribution in [3.05, 3.63) is 0 Å². The van der Waals surface area contributed by atoms with E-state index in [1.807, 2.05) is 0 Å². The van der Waals surface area contributed by atoms with Crippen molar-refractivity contribution in [1.29, 1.82) is 0 Å². The zero-order valence-corrected chi connectivity index (χ0v) is 10.8.